The summed E-state index contributed by atoms with van der Waals surface area (Å²) in [5, 5.41) is 25.6. The zero-order valence-corrected chi connectivity index (χ0v) is 51.7. The Morgan fingerprint density at radius 3 is 1.70 bits per heavy atom. The maximum absolute atomic E-state index is 14.7. The van der Waals surface area contributed by atoms with Crippen LogP contribution in [0.1, 0.15) is 142 Å². The smallest absolute Gasteiger partial charge is 0.408 e. The van der Waals surface area contributed by atoms with Gasteiger partial charge < -0.3 is 46.2 Å². The van der Waals surface area contributed by atoms with Crippen LogP contribution in [0.5, 0.6) is 0 Å². The highest BCUT2D eigenvalue weighted by Gasteiger charge is 2.57. The summed E-state index contributed by atoms with van der Waals surface area (Å²) in [5.74, 6) is -4.28. The molecular formula is C58H87N9O13S2. The molecule has 0 spiro atoms. The van der Waals surface area contributed by atoms with Crippen molar-refractivity contribution in [2.75, 3.05) is 13.1 Å². The molecule has 22 nitrogen and oxygen atoms in total. The Balaban J connectivity index is 1.11. The normalized spacial score (nSPS) is 21.9. The molecule has 2 aromatic rings. The van der Waals surface area contributed by atoms with Crippen LogP contribution in [0.25, 0.3) is 0 Å². The van der Waals surface area contributed by atoms with Gasteiger partial charge in [-0.2, -0.15) is 4.72 Å². The van der Waals surface area contributed by atoms with Crippen LogP contribution < -0.4 is 36.0 Å². The van der Waals surface area contributed by atoms with Crippen molar-refractivity contribution in [2.24, 2.45) is 34.5 Å². The average Bonchev–Trinajstić information content (AvgIpc) is 4.06. The second-order valence-electron chi connectivity index (χ2n) is 27.0. The Kier molecular flexibility index (Phi) is 18.6. The molecule has 4 fully saturated rings. The van der Waals surface area contributed by atoms with E-state index in [1.807, 2.05) is 27.7 Å². The van der Waals surface area contributed by atoms with Gasteiger partial charge >= 0.3 is 12.1 Å². The molecule has 5 unspecified atom stereocenters. The van der Waals surface area contributed by atoms with E-state index in [2.05, 4.69) is 42.6 Å². The zero-order valence-electron chi connectivity index (χ0n) is 50.1. The minimum Gasteiger partial charge on any atom is -0.444 e. The summed E-state index contributed by atoms with van der Waals surface area (Å²) in [6.45, 7) is 31.1. The highest BCUT2D eigenvalue weighted by molar-refractivity contribution is 7.90. The number of sulfonamides is 2. The number of likely N-dealkylation sites (tertiary alicyclic amines) is 2. The van der Waals surface area contributed by atoms with Gasteiger partial charge in [0, 0.05) is 19.0 Å². The highest BCUT2D eigenvalue weighted by atomic mass is 32.2. The van der Waals surface area contributed by atoms with Gasteiger partial charge in [-0.1, -0.05) is 112 Å². The Hall–Kier alpha value is -6.11. The number of benzene rings is 2. The first-order valence-electron chi connectivity index (χ1n) is 28.0. The number of nitrogens with zero attached hydrogens (tertiary/aromatic N) is 2. The molecule has 8 N–H and O–H groups in total. The number of amides is 8. The number of rotatable bonds is 19. The van der Waals surface area contributed by atoms with Crippen molar-refractivity contribution in [2.45, 2.75) is 198 Å². The number of hydrogen-bond donors (Lipinski definition) is 8. The Bertz CT molecular complexity index is 3010. The molecule has 2 heterocycles. The molecule has 2 aliphatic heterocycles. The Morgan fingerprint density at radius 2 is 1.20 bits per heavy atom. The molecule has 2 saturated carbocycles. The van der Waals surface area contributed by atoms with Crippen molar-refractivity contribution in [1.29, 1.82) is 0 Å². The fourth-order valence-electron chi connectivity index (χ4n) is 10.9. The minimum absolute atomic E-state index is 0.0238. The van der Waals surface area contributed by atoms with Crippen LogP contribution in [-0.4, -0.2) is 134 Å². The van der Waals surface area contributed by atoms with Crippen molar-refractivity contribution >= 4 is 61.7 Å². The van der Waals surface area contributed by atoms with Crippen LogP contribution in [0, 0.1) is 34.5 Å². The average molecular weight is 1180 g/mol. The van der Waals surface area contributed by atoms with Crippen LogP contribution in [-0.2, 0) is 54.3 Å². The zero-order chi connectivity index (χ0) is 61.7. The lowest BCUT2D eigenvalue weighted by atomic mass is 9.84. The molecule has 454 valence electrons. The molecule has 6 rings (SSSR count). The van der Waals surface area contributed by atoms with Crippen molar-refractivity contribution in [3.63, 3.8) is 0 Å². The molecule has 2 aromatic carbocycles. The lowest BCUT2D eigenvalue weighted by molar-refractivity contribution is -0.144. The van der Waals surface area contributed by atoms with Crippen LogP contribution >= 0.6 is 0 Å². The second-order valence-corrected chi connectivity index (χ2v) is 30.4. The summed E-state index contributed by atoms with van der Waals surface area (Å²) in [5.41, 5.74) is -5.56. The number of urea groups is 1. The molecule has 2 saturated heterocycles. The predicted molar refractivity (Wildman–Crippen MR) is 307 cm³/mol. The maximum Gasteiger partial charge on any atom is 0.408 e. The van der Waals surface area contributed by atoms with E-state index in [-0.39, 0.29) is 66.3 Å². The molecule has 8 amide bonds. The van der Waals surface area contributed by atoms with Crippen molar-refractivity contribution < 1.29 is 60.2 Å². The van der Waals surface area contributed by atoms with Crippen LogP contribution in [0.4, 0.5) is 9.59 Å². The van der Waals surface area contributed by atoms with Crippen molar-refractivity contribution in [3.05, 3.63) is 72.3 Å². The van der Waals surface area contributed by atoms with Crippen LogP contribution in [0.3, 0.4) is 0 Å². The third-order valence-corrected chi connectivity index (χ3v) is 18.7. The van der Waals surface area contributed by atoms with Gasteiger partial charge in [-0.3, -0.25) is 24.0 Å². The number of aliphatic hydroxyl groups is 1. The first-order chi connectivity index (χ1) is 37.6. The predicted octanol–water partition coefficient (Wildman–Crippen LogP) is 4.89. The summed E-state index contributed by atoms with van der Waals surface area (Å²) < 4.78 is 63.8. The second kappa shape index (κ2) is 23.5. The van der Waals surface area contributed by atoms with E-state index < -0.39 is 131 Å². The number of nitrogens with one attached hydrogen (secondary N) is 7. The number of aliphatic hydroxyl groups excluding tert-OH is 1. The van der Waals surface area contributed by atoms with Gasteiger partial charge in [0.05, 0.1) is 20.9 Å². The van der Waals surface area contributed by atoms with E-state index in [9.17, 15) is 55.5 Å². The van der Waals surface area contributed by atoms with E-state index in [1.165, 1.54) is 58.3 Å². The quantitative estimate of drug-likeness (QED) is 0.0688. The SMILES string of the molecule is C=C1CN(C(=O)[C@@H](NC(=O)OC(C)(C)C)C(C)(C)C)C(C(=O)NC2(C(O)NS(=O)(=O)c3ccc(C(C)(C)NC(=O)NC(C(=O)N4CCC(C(C)C)[C@H]4C(=O)NC4(C(=O)NS(=O)(=O)c5ccccc5)CC4)C(C)(C)C)cc3)CC2)C1C(C)C. The number of alkyl carbamates (subject to hydrolysis) is 1. The van der Waals surface area contributed by atoms with Gasteiger partial charge in [-0.05, 0) is 125 Å². The summed E-state index contributed by atoms with van der Waals surface area (Å²) in [6, 6.07) is 7.76. The third kappa shape index (κ3) is 14.8. The molecule has 4 aliphatic rings. The fraction of sp³-hybridized carbons (Fsp3) is 0.638. The number of hydrogen-bond acceptors (Lipinski definition) is 13. The van der Waals surface area contributed by atoms with Gasteiger partial charge in [-0.15, -0.1) is 0 Å². The van der Waals surface area contributed by atoms with Crippen molar-refractivity contribution in [1.82, 2.24) is 45.8 Å². The fourth-order valence-corrected chi connectivity index (χ4v) is 13.1. The molecule has 0 radical (unpaired) electrons. The molecule has 0 bridgehead atoms. The summed E-state index contributed by atoms with van der Waals surface area (Å²) in [6.07, 6.45) is -1.35. The number of carbonyl (C=O) groups excluding carboxylic acids is 7. The van der Waals surface area contributed by atoms with Gasteiger partial charge in [0.25, 0.3) is 15.9 Å². The Morgan fingerprint density at radius 1 is 0.671 bits per heavy atom. The molecule has 24 heteroatoms. The third-order valence-electron chi connectivity index (χ3n) is 15.9. The van der Waals surface area contributed by atoms with E-state index in [1.54, 1.807) is 82.2 Å². The molecular weight excluding hydrogens is 1090 g/mol. The molecule has 82 heavy (non-hydrogen) atoms. The highest BCUT2D eigenvalue weighted by Crippen LogP contribution is 2.43. The standard InChI is InChI=1S/C58H87N9O13S2/c1-33(2)39-26-31-66(41(39)45(68)61-57(27-28-57)49(72)64-81(76,77)37-20-18-17-19-21-37)47(70)43(53(6,7)8)59-51(74)63-56(15,16)36-22-24-38(25-23-36)82(78,79)65-50(73)58(29-30-58)62-46(69)42-40(34(3)4)35(5)32-67(42)48(71)44(54(9,10)11)60-52(75)80-55(12,13)14/h17-25,33-34,39-44,50,65,73H,5,26-32H2,1-4,6-16H3,(H,60,75)(H,61,68)(H,62,69)(H,64,72)(H2,59,63,74)/t39?,40?,41-,42?,43?,44+,50?/m0/s1. The van der Waals surface area contributed by atoms with E-state index in [0.29, 0.717) is 17.6 Å². The van der Waals surface area contributed by atoms with Gasteiger partial charge in [0.2, 0.25) is 33.7 Å². The van der Waals surface area contributed by atoms with Crippen molar-refractivity contribution in [3.8, 4) is 0 Å². The van der Waals surface area contributed by atoms with E-state index in [0.717, 1.165) is 0 Å². The number of carbonyl (C=O) groups is 7. The molecule has 0 aromatic heterocycles. The first-order valence-corrected chi connectivity index (χ1v) is 31.0. The monoisotopic (exact) mass is 1180 g/mol. The summed E-state index contributed by atoms with van der Waals surface area (Å²) in [4.78, 5) is 101. The summed E-state index contributed by atoms with van der Waals surface area (Å²) >= 11 is 0. The van der Waals surface area contributed by atoms with Gasteiger partial charge in [0.1, 0.15) is 41.5 Å². The van der Waals surface area contributed by atoms with E-state index >= 15 is 0 Å². The topological polar surface area (TPSA) is 308 Å². The van der Waals surface area contributed by atoms with E-state index in [4.69, 9.17) is 4.74 Å². The lowest BCUT2D eigenvalue weighted by Gasteiger charge is -2.38. The van der Waals surface area contributed by atoms with Crippen LogP contribution in [0.15, 0.2) is 76.5 Å². The largest absolute Gasteiger partial charge is 0.444 e. The maximum atomic E-state index is 14.7. The Labute approximate surface area is 483 Å². The molecule has 2 aliphatic carbocycles. The van der Waals surface area contributed by atoms with Gasteiger partial charge in [-0.25, -0.2) is 31.1 Å². The summed E-state index contributed by atoms with van der Waals surface area (Å²) in [7, 11) is -8.69. The molecule has 7 atom stereocenters. The van der Waals surface area contributed by atoms with Crippen LogP contribution in [0.2, 0.25) is 0 Å². The number of ether oxygens (including phenoxy) is 1. The lowest BCUT2D eigenvalue weighted by Crippen LogP contribution is -2.62. The van der Waals surface area contributed by atoms with Gasteiger partial charge in [0.15, 0.2) is 0 Å². The first kappa shape index (κ1) is 65.0. The minimum atomic E-state index is -4.45.